The quantitative estimate of drug-likeness (QED) is 0.0867. The summed E-state index contributed by atoms with van der Waals surface area (Å²) in [6, 6.07) is 6.18. The molecule has 10 N–H and O–H groups in total. The fourth-order valence-corrected chi connectivity index (χ4v) is 1.94. The number of guanidine groups is 1. The van der Waals surface area contributed by atoms with Gasteiger partial charge in [0.1, 0.15) is 11.8 Å². The number of nitrogens with one attached hydrogen (secondary N) is 2. The van der Waals surface area contributed by atoms with Crippen molar-refractivity contribution in [1.82, 2.24) is 10.6 Å². The highest BCUT2D eigenvalue weighted by Crippen LogP contribution is 2.11. The number of phenols is 1. The number of phenolic OH excluding ortho intramolecular Hbond substituents is 1. The summed E-state index contributed by atoms with van der Waals surface area (Å²) < 4.78 is 0. The van der Waals surface area contributed by atoms with Gasteiger partial charge in [0.15, 0.2) is 5.96 Å². The first-order chi connectivity index (χ1) is 14.6. The zero-order chi connectivity index (χ0) is 24.2. The van der Waals surface area contributed by atoms with E-state index < -0.39 is 11.9 Å². The minimum absolute atomic E-state index is 0.151. The second kappa shape index (κ2) is 18.7. The highest BCUT2D eigenvalue weighted by Gasteiger charge is 2.14. The van der Waals surface area contributed by atoms with Gasteiger partial charge in [0.25, 0.3) is 0 Å². The first kappa shape index (κ1) is 29.9. The van der Waals surface area contributed by atoms with Gasteiger partial charge in [-0.2, -0.15) is 0 Å². The van der Waals surface area contributed by atoms with Crippen LogP contribution < -0.4 is 27.8 Å². The summed E-state index contributed by atoms with van der Waals surface area (Å²) in [6.07, 6.45) is 3.55. The number of carbonyl (C=O) groups is 2. The third-order valence-electron chi connectivity index (χ3n) is 3.98. The van der Waals surface area contributed by atoms with Crippen LogP contribution in [-0.2, 0) is 16.0 Å². The number of aliphatic hydroxyl groups excluding tert-OH is 1. The van der Waals surface area contributed by atoms with Gasteiger partial charge in [-0.05, 0) is 44.5 Å². The Bertz CT molecular complexity index is 660. The molecule has 31 heavy (non-hydrogen) atoms. The molecule has 10 heteroatoms. The number of hydrogen-bond donors (Lipinski definition) is 7. The Hall–Kier alpha value is -3.27. The van der Waals surface area contributed by atoms with Crippen molar-refractivity contribution in [2.75, 3.05) is 13.6 Å². The minimum Gasteiger partial charge on any atom is -0.513 e. The molecule has 1 aromatic rings. The number of aromatic hydroxyl groups is 1. The lowest BCUT2D eigenvalue weighted by Gasteiger charge is -2.11. The summed E-state index contributed by atoms with van der Waals surface area (Å²) in [7, 11) is 1.95. The molecule has 1 rings (SSSR count). The van der Waals surface area contributed by atoms with Crippen LogP contribution in [0, 0.1) is 0 Å². The summed E-state index contributed by atoms with van der Waals surface area (Å²) in [4.78, 5) is 25.0. The highest BCUT2D eigenvalue weighted by atomic mass is 16.3. The van der Waals surface area contributed by atoms with Crippen molar-refractivity contribution < 1.29 is 19.8 Å². The number of amides is 2. The molecule has 0 fully saturated rings. The number of aliphatic hydroxyl groups is 1. The van der Waals surface area contributed by atoms with Gasteiger partial charge in [0.05, 0.1) is 5.76 Å². The zero-order valence-electron chi connectivity index (χ0n) is 18.7. The lowest BCUT2D eigenvalue weighted by atomic mass is 10.1. The third-order valence-corrected chi connectivity index (χ3v) is 3.98. The Morgan fingerprint density at radius 2 is 1.81 bits per heavy atom. The average Bonchev–Trinajstić information content (AvgIpc) is 2.72. The summed E-state index contributed by atoms with van der Waals surface area (Å²) in [6.45, 7) is 7.94. The largest absolute Gasteiger partial charge is 0.513 e. The molecule has 1 unspecified atom stereocenters. The van der Waals surface area contributed by atoms with Gasteiger partial charge < -0.3 is 38.0 Å². The third kappa shape index (κ3) is 19.8. The number of allylic oxidation sites excluding steroid dienone is 1. The van der Waals surface area contributed by atoms with Gasteiger partial charge in [0, 0.05) is 25.4 Å². The molecule has 0 spiro atoms. The Labute approximate surface area is 184 Å². The standard InChI is InChI=1S/C10H12N2O3.C7H18N4.C4H8O/c11-10(15)9(12-6-13)5-7-1-3-8(14)4-2-7;1-6(10-2)4-3-5-11-7(8)9;1-3-4(2)5/h1-4,6,9,14H,5H2,(H2,11,15)(H,12,13);6,10H,3-5H2,1-2H3,(H4,8,9,11);5H,2-3H2,1H3/t9-;;/m0../s1. The fraction of sp³-hybridized carbons (Fsp3) is 0.476. The van der Waals surface area contributed by atoms with Crippen LogP contribution in [0.5, 0.6) is 5.75 Å². The molecular weight excluding hydrogens is 400 g/mol. The summed E-state index contributed by atoms with van der Waals surface area (Å²) in [5.41, 5.74) is 16.2. The van der Waals surface area contributed by atoms with E-state index in [4.69, 9.17) is 27.4 Å². The molecule has 2 atom stereocenters. The molecule has 1 aromatic carbocycles. The lowest BCUT2D eigenvalue weighted by molar-refractivity contribution is -0.122. The van der Waals surface area contributed by atoms with Gasteiger partial charge in [-0.15, -0.1) is 0 Å². The van der Waals surface area contributed by atoms with Crippen LogP contribution in [0.3, 0.4) is 0 Å². The van der Waals surface area contributed by atoms with Crippen LogP contribution in [0.2, 0.25) is 0 Å². The van der Waals surface area contributed by atoms with Gasteiger partial charge >= 0.3 is 0 Å². The van der Waals surface area contributed by atoms with E-state index in [-0.39, 0.29) is 17.5 Å². The van der Waals surface area contributed by atoms with Crippen molar-refractivity contribution in [3.63, 3.8) is 0 Å². The van der Waals surface area contributed by atoms with Crippen LogP contribution >= 0.6 is 0 Å². The number of nitrogens with zero attached hydrogens (tertiary/aromatic N) is 1. The second-order valence-corrected chi connectivity index (χ2v) is 6.67. The molecule has 0 bridgehead atoms. The molecule has 0 aliphatic carbocycles. The number of nitrogens with two attached hydrogens (primary N) is 3. The first-order valence-corrected chi connectivity index (χ1v) is 9.93. The number of rotatable bonds is 11. The maximum atomic E-state index is 10.9. The van der Waals surface area contributed by atoms with Crippen LogP contribution in [0.25, 0.3) is 0 Å². The van der Waals surface area contributed by atoms with E-state index in [9.17, 15) is 9.59 Å². The van der Waals surface area contributed by atoms with Crippen LogP contribution in [0.15, 0.2) is 41.6 Å². The monoisotopic (exact) mass is 438 g/mol. The average molecular weight is 439 g/mol. The molecular formula is C21H38N6O4. The molecule has 0 saturated carbocycles. The molecule has 0 aliphatic rings. The number of hydrogen-bond acceptors (Lipinski definition) is 6. The summed E-state index contributed by atoms with van der Waals surface area (Å²) in [5, 5.41) is 22.7. The van der Waals surface area contributed by atoms with Gasteiger partial charge in [-0.25, -0.2) is 0 Å². The van der Waals surface area contributed by atoms with Crippen molar-refractivity contribution in [2.24, 2.45) is 22.2 Å². The number of aliphatic imine (C=N–C) groups is 1. The first-order valence-electron chi connectivity index (χ1n) is 9.93. The van der Waals surface area contributed by atoms with E-state index >= 15 is 0 Å². The SMILES string of the molecule is C=C(O)CC.CNC(C)CCCN=C(N)N.NC(=O)[C@H](Cc1ccc(O)cc1)NC=O. The lowest BCUT2D eigenvalue weighted by Crippen LogP contribution is -2.42. The maximum absolute atomic E-state index is 10.9. The van der Waals surface area contributed by atoms with Crippen LogP contribution in [0.4, 0.5) is 0 Å². The van der Waals surface area contributed by atoms with E-state index in [0.717, 1.165) is 24.9 Å². The normalized spacial score (nSPS) is 11.3. The molecule has 0 radical (unpaired) electrons. The van der Waals surface area contributed by atoms with E-state index in [1.165, 1.54) is 12.1 Å². The Kier molecular flexibility index (Phi) is 18.1. The predicted octanol–water partition coefficient (Wildman–Crippen LogP) is 0.651. The number of benzene rings is 1. The molecule has 176 valence electrons. The van der Waals surface area contributed by atoms with Gasteiger partial charge in [-0.1, -0.05) is 25.6 Å². The van der Waals surface area contributed by atoms with Crippen molar-refractivity contribution in [3.05, 3.63) is 42.2 Å². The Balaban J connectivity index is 0. The Morgan fingerprint density at radius 3 is 2.19 bits per heavy atom. The molecule has 2 amide bonds. The smallest absolute Gasteiger partial charge is 0.240 e. The van der Waals surface area contributed by atoms with E-state index in [1.54, 1.807) is 12.1 Å². The zero-order valence-corrected chi connectivity index (χ0v) is 18.7. The molecule has 10 nitrogen and oxygen atoms in total. The van der Waals surface area contributed by atoms with Crippen molar-refractivity contribution in [2.45, 2.75) is 51.6 Å². The van der Waals surface area contributed by atoms with Crippen LogP contribution in [0.1, 0.15) is 38.7 Å². The summed E-state index contributed by atoms with van der Waals surface area (Å²) in [5.74, 6) is 0.00000672. The number of carbonyl (C=O) groups excluding carboxylic acids is 2. The van der Waals surface area contributed by atoms with Crippen molar-refractivity contribution in [3.8, 4) is 5.75 Å². The van der Waals surface area contributed by atoms with E-state index in [2.05, 4.69) is 29.1 Å². The predicted molar refractivity (Wildman–Crippen MR) is 124 cm³/mol. The summed E-state index contributed by atoms with van der Waals surface area (Å²) >= 11 is 0. The van der Waals surface area contributed by atoms with Crippen LogP contribution in [-0.4, -0.2) is 54.2 Å². The fourth-order valence-electron chi connectivity index (χ4n) is 1.94. The molecule has 0 aromatic heterocycles. The highest BCUT2D eigenvalue weighted by molar-refractivity contribution is 5.82. The van der Waals surface area contributed by atoms with Crippen molar-refractivity contribution in [1.29, 1.82) is 0 Å². The molecule has 0 saturated heterocycles. The number of primary amides is 1. The van der Waals surface area contributed by atoms with E-state index in [0.29, 0.717) is 25.3 Å². The van der Waals surface area contributed by atoms with E-state index in [1.807, 2.05) is 14.0 Å². The van der Waals surface area contributed by atoms with Gasteiger partial charge in [0.2, 0.25) is 12.3 Å². The van der Waals surface area contributed by atoms with Gasteiger partial charge in [-0.3, -0.25) is 14.6 Å². The Morgan fingerprint density at radius 1 is 1.26 bits per heavy atom. The topological polar surface area (TPSA) is 189 Å². The molecule has 0 aliphatic heterocycles. The molecule has 0 heterocycles. The minimum atomic E-state index is -0.716. The second-order valence-electron chi connectivity index (χ2n) is 6.67. The van der Waals surface area contributed by atoms with Crippen molar-refractivity contribution >= 4 is 18.3 Å². The maximum Gasteiger partial charge on any atom is 0.240 e.